The highest BCUT2D eigenvalue weighted by Crippen LogP contribution is 2.42. The lowest BCUT2D eigenvalue weighted by Crippen LogP contribution is -2.38. The van der Waals surface area contributed by atoms with Crippen molar-refractivity contribution in [3.05, 3.63) is 25.9 Å². The molecule has 1 saturated heterocycles. The monoisotopic (exact) mass is 453 g/mol. The Morgan fingerprint density at radius 3 is 2.46 bits per heavy atom. The maximum Gasteiger partial charge on any atom is 0.113 e. The van der Waals surface area contributed by atoms with Crippen molar-refractivity contribution in [1.29, 1.82) is 0 Å². The van der Waals surface area contributed by atoms with Crippen LogP contribution in [0.5, 0.6) is 0 Å². The summed E-state index contributed by atoms with van der Waals surface area (Å²) in [5, 5.41) is 0. The number of hydrogen-bond acceptors (Lipinski definition) is 2. The van der Waals surface area contributed by atoms with Gasteiger partial charge in [-0.1, -0.05) is 0 Å². The molecule has 2 aliphatic heterocycles. The second-order valence-corrected chi connectivity index (χ2v) is 9.14. The van der Waals surface area contributed by atoms with Crippen molar-refractivity contribution in [3.63, 3.8) is 0 Å². The highest BCUT2D eigenvalue weighted by Gasteiger charge is 2.30. The van der Waals surface area contributed by atoms with Crippen molar-refractivity contribution in [3.8, 4) is 0 Å². The molecule has 0 saturated carbocycles. The van der Waals surface area contributed by atoms with Gasteiger partial charge in [-0.15, -0.1) is 0 Å². The minimum atomic E-state index is 0.607. The van der Waals surface area contributed by atoms with Gasteiger partial charge in [0.05, 0.1) is 11.0 Å². The summed E-state index contributed by atoms with van der Waals surface area (Å²) >= 11 is 7.58. The van der Waals surface area contributed by atoms with Crippen LogP contribution in [0.15, 0.2) is 8.95 Å². The number of piperidine rings is 1. The minimum absolute atomic E-state index is 0.607. The van der Waals surface area contributed by atoms with Crippen LogP contribution in [0.1, 0.15) is 56.0 Å². The van der Waals surface area contributed by atoms with Crippen LogP contribution in [0.2, 0.25) is 0 Å². The lowest BCUT2D eigenvalue weighted by molar-refractivity contribution is 0.168. The van der Waals surface area contributed by atoms with E-state index < -0.39 is 0 Å². The highest BCUT2D eigenvalue weighted by atomic mass is 79.9. The quantitative estimate of drug-likeness (QED) is 0.605. The number of aromatic nitrogens is 2. The lowest BCUT2D eigenvalue weighted by Gasteiger charge is -2.34. The van der Waals surface area contributed by atoms with E-state index in [2.05, 4.69) is 62.1 Å². The van der Waals surface area contributed by atoms with Gasteiger partial charge in [0, 0.05) is 27.4 Å². The molecule has 1 fully saturated rings. The molecule has 24 heavy (non-hydrogen) atoms. The molecule has 0 spiro atoms. The van der Waals surface area contributed by atoms with Gasteiger partial charge in [-0.2, -0.15) is 0 Å². The molecule has 0 atom stereocenters. The van der Waals surface area contributed by atoms with Gasteiger partial charge in [0.15, 0.2) is 0 Å². The number of halogens is 2. The number of benzene rings is 1. The summed E-state index contributed by atoms with van der Waals surface area (Å²) in [6.45, 7) is 10.3. The van der Waals surface area contributed by atoms with Gasteiger partial charge in [0.25, 0.3) is 0 Å². The molecule has 130 valence electrons. The smallest absolute Gasteiger partial charge is 0.113 e. The van der Waals surface area contributed by atoms with E-state index in [4.69, 9.17) is 4.98 Å². The summed E-state index contributed by atoms with van der Waals surface area (Å²) < 4.78 is 4.95. The fourth-order valence-electron chi connectivity index (χ4n) is 4.40. The number of hydrogen-bond donors (Lipinski definition) is 0. The van der Waals surface area contributed by atoms with Crippen molar-refractivity contribution in [2.24, 2.45) is 0 Å². The number of rotatable bonds is 2. The van der Waals surface area contributed by atoms with Gasteiger partial charge in [0.2, 0.25) is 0 Å². The van der Waals surface area contributed by atoms with Crippen LogP contribution in [0, 0.1) is 6.92 Å². The molecule has 0 bridgehead atoms. The van der Waals surface area contributed by atoms with E-state index in [0.717, 1.165) is 13.0 Å². The van der Waals surface area contributed by atoms with E-state index in [-0.39, 0.29) is 0 Å². The summed E-state index contributed by atoms with van der Waals surface area (Å²) in [5.41, 5.74) is 5.30. The maximum atomic E-state index is 5.17. The van der Waals surface area contributed by atoms with Gasteiger partial charge >= 0.3 is 0 Å². The number of likely N-dealkylation sites (tertiary alicyclic amines) is 1. The first-order valence-electron chi connectivity index (χ1n) is 9.09. The first-order valence-corrected chi connectivity index (χ1v) is 10.7. The molecule has 3 nitrogen and oxygen atoms in total. The number of aryl methyl sites for hydroxylation is 3. The molecule has 5 heteroatoms. The molecule has 0 radical (unpaired) electrons. The Morgan fingerprint density at radius 2 is 1.79 bits per heavy atom. The second-order valence-electron chi connectivity index (χ2n) is 7.56. The van der Waals surface area contributed by atoms with Crippen LogP contribution in [0.25, 0.3) is 11.0 Å². The van der Waals surface area contributed by atoms with Gasteiger partial charge < -0.3 is 9.47 Å². The van der Waals surface area contributed by atoms with Crippen molar-refractivity contribution >= 4 is 42.9 Å². The number of imidazole rings is 1. The Bertz CT molecular complexity index is 786. The predicted octanol–water partition coefficient (Wildman–Crippen LogP) is 5.40. The third-order valence-electron chi connectivity index (χ3n) is 5.86. The second kappa shape index (κ2) is 6.40. The Hall–Kier alpha value is -0.390. The molecular weight excluding hydrogens is 430 g/mol. The van der Waals surface area contributed by atoms with Gasteiger partial charge in [-0.25, -0.2) is 4.98 Å². The highest BCUT2D eigenvalue weighted by molar-refractivity contribution is 9.13. The minimum Gasteiger partial charge on any atom is -0.327 e. The SMILES string of the molecule is Cc1c(Br)c(Br)c2c3c1nc(C1CCN(C(C)C)CC1)n3CCC2. The Balaban J connectivity index is 1.79. The van der Waals surface area contributed by atoms with Crippen molar-refractivity contribution in [1.82, 2.24) is 14.5 Å². The molecular formula is C19H25Br2N3. The van der Waals surface area contributed by atoms with Crippen LogP contribution in [-0.4, -0.2) is 33.6 Å². The predicted molar refractivity (Wildman–Crippen MR) is 107 cm³/mol. The van der Waals surface area contributed by atoms with Crippen molar-refractivity contribution in [2.45, 2.75) is 65.0 Å². The van der Waals surface area contributed by atoms with E-state index in [0.29, 0.717) is 12.0 Å². The van der Waals surface area contributed by atoms with Crippen LogP contribution in [0.3, 0.4) is 0 Å². The summed E-state index contributed by atoms with van der Waals surface area (Å²) in [7, 11) is 0. The Morgan fingerprint density at radius 1 is 1.08 bits per heavy atom. The van der Waals surface area contributed by atoms with Crippen LogP contribution in [-0.2, 0) is 13.0 Å². The Kier molecular flexibility index (Phi) is 4.55. The molecule has 2 aliphatic rings. The summed E-state index contributed by atoms with van der Waals surface area (Å²) in [5.74, 6) is 1.94. The zero-order valence-corrected chi connectivity index (χ0v) is 17.9. The number of nitrogens with zero attached hydrogens (tertiary/aromatic N) is 3. The fourth-order valence-corrected chi connectivity index (χ4v) is 5.51. The Labute approximate surface area is 161 Å². The normalized spacial score (nSPS) is 19.6. The van der Waals surface area contributed by atoms with Crippen LogP contribution in [0.4, 0.5) is 0 Å². The lowest BCUT2D eigenvalue weighted by atomic mass is 9.94. The molecule has 0 N–H and O–H groups in total. The van der Waals surface area contributed by atoms with Gasteiger partial charge in [-0.05, 0) is 103 Å². The summed E-state index contributed by atoms with van der Waals surface area (Å²) in [6, 6.07) is 0.657. The van der Waals surface area contributed by atoms with Crippen LogP contribution < -0.4 is 0 Å². The van der Waals surface area contributed by atoms with E-state index in [9.17, 15) is 0 Å². The van der Waals surface area contributed by atoms with E-state index in [1.807, 2.05) is 0 Å². The maximum absolute atomic E-state index is 5.17. The molecule has 0 amide bonds. The molecule has 2 aromatic rings. The molecule has 1 aromatic carbocycles. The largest absolute Gasteiger partial charge is 0.327 e. The van der Waals surface area contributed by atoms with E-state index in [1.165, 1.54) is 69.3 Å². The first kappa shape index (κ1) is 17.0. The van der Waals surface area contributed by atoms with E-state index in [1.54, 1.807) is 0 Å². The van der Waals surface area contributed by atoms with Gasteiger partial charge in [-0.3, -0.25) is 0 Å². The molecule has 0 aliphatic carbocycles. The fraction of sp³-hybridized carbons (Fsp3) is 0.632. The topological polar surface area (TPSA) is 21.1 Å². The zero-order chi connectivity index (χ0) is 17.0. The first-order chi connectivity index (χ1) is 11.5. The third-order valence-corrected chi connectivity index (χ3v) is 8.26. The van der Waals surface area contributed by atoms with Gasteiger partial charge in [0.1, 0.15) is 5.82 Å². The zero-order valence-electron chi connectivity index (χ0n) is 14.7. The standard InChI is InChI=1S/C19H25Br2N3/c1-11(2)23-9-6-13(7-10-23)19-22-17-12(3)15(20)16(21)14-5-4-8-24(19)18(14)17/h11,13H,4-10H2,1-3H3. The molecule has 1 aromatic heterocycles. The molecule has 3 heterocycles. The third kappa shape index (κ3) is 2.58. The molecule has 0 unspecified atom stereocenters. The average molecular weight is 455 g/mol. The van der Waals surface area contributed by atoms with E-state index >= 15 is 0 Å². The van der Waals surface area contributed by atoms with Crippen LogP contribution >= 0.6 is 31.9 Å². The van der Waals surface area contributed by atoms with Crippen molar-refractivity contribution < 1.29 is 0 Å². The van der Waals surface area contributed by atoms with Crippen molar-refractivity contribution in [2.75, 3.05) is 13.1 Å². The molecule has 4 rings (SSSR count). The average Bonchev–Trinajstić information content (AvgIpc) is 2.98. The summed E-state index contributed by atoms with van der Waals surface area (Å²) in [6.07, 6.45) is 4.83. The summed E-state index contributed by atoms with van der Waals surface area (Å²) in [4.78, 5) is 7.77.